The first-order valence-corrected chi connectivity index (χ1v) is 8.17. The number of nitrogens with zero attached hydrogens (tertiary/aromatic N) is 2. The fourth-order valence-electron chi connectivity index (χ4n) is 1.48. The van der Waals surface area contributed by atoms with E-state index in [4.69, 9.17) is 0 Å². The van der Waals surface area contributed by atoms with Crippen LogP contribution in [0, 0.1) is 0 Å². The lowest BCUT2D eigenvalue weighted by Gasteiger charge is -2.16. The van der Waals surface area contributed by atoms with Crippen LogP contribution in [0.3, 0.4) is 0 Å². The Morgan fingerprint density at radius 2 is 2.35 bits per heavy atom. The molecule has 5 nitrogen and oxygen atoms in total. The van der Waals surface area contributed by atoms with Gasteiger partial charge in [-0.3, -0.25) is 0 Å². The quantitative estimate of drug-likeness (QED) is 0.794. The van der Waals surface area contributed by atoms with Gasteiger partial charge < -0.3 is 5.32 Å². The summed E-state index contributed by atoms with van der Waals surface area (Å²) in [6, 6.07) is 0.550. The lowest BCUT2D eigenvalue weighted by molar-refractivity contribution is 0.461. The van der Waals surface area contributed by atoms with Crippen molar-refractivity contribution in [2.45, 2.75) is 25.4 Å². The van der Waals surface area contributed by atoms with Gasteiger partial charge in [0.15, 0.2) is 0 Å². The number of sulfonamides is 1. The third-order valence-corrected chi connectivity index (χ3v) is 5.15. The summed E-state index contributed by atoms with van der Waals surface area (Å²) in [6.45, 7) is 0.893. The summed E-state index contributed by atoms with van der Waals surface area (Å²) in [4.78, 5) is 4.09. The zero-order chi connectivity index (χ0) is 12.3. The third kappa shape index (κ3) is 4.02. The van der Waals surface area contributed by atoms with Gasteiger partial charge in [-0.1, -0.05) is 0 Å². The van der Waals surface area contributed by atoms with Gasteiger partial charge in [0.1, 0.15) is 0 Å². The van der Waals surface area contributed by atoms with E-state index < -0.39 is 10.0 Å². The van der Waals surface area contributed by atoms with Gasteiger partial charge in [0.2, 0.25) is 10.0 Å². The predicted octanol–water partition coefficient (Wildman–Crippen LogP) is 0.657. The van der Waals surface area contributed by atoms with Crippen molar-refractivity contribution in [2.24, 2.45) is 0 Å². The van der Waals surface area contributed by atoms with Gasteiger partial charge in [-0.25, -0.2) is 13.4 Å². The van der Waals surface area contributed by atoms with E-state index in [-0.39, 0.29) is 5.75 Å². The molecule has 96 valence electrons. The van der Waals surface area contributed by atoms with Crippen LogP contribution in [0.15, 0.2) is 10.9 Å². The molecule has 0 amide bonds. The second kappa shape index (κ2) is 5.43. The van der Waals surface area contributed by atoms with Crippen molar-refractivity contribution in [3.63, 3.8) is 0 Å². The second-order valence-electron chi connectivity index (χ2n) is 4.28. The molecule has 0 bridgehead atoms. The molecule has 0 spiro atoms. The van der Waals surface area contributed by atoms with E-state index in [1.165, 1.54) is 28.5 Å². The minimum atomic E-state index is -3.17. The lowest BCUT2D eigenvalue weighted by Crippen LogP contribution is -2.34. The Kier molecular flexibility index (Phi) is 4.13. The number of hydrogen-bond donors (Lipinski definition) is 1. The third-order valence-electron chi connectivity index (χ3n) is 2.71. The van der Waals surface area contributed by atoms with E-state index in [1.54, 1.807) is 12.6 Å². The molecule has 0 unspecified atom stereocenters. The predicted molar refractivity (Wildman–Crippen MR) is 68.4 cm³/mol. The van der Waals surface area contributed by atoms with Gasteiger partial charge in [-0.05, 0) is 12.8 Å². The summed E-state index contributed by atoms with van der Waals surface area (Å²) in [7, 11) is -1.57. The van der Waals surface area contributed by atoms with E-state index >= 15 is 0 Å². The molecule has 0 aliphatic heterocycles. The van der Waals surface area contributed by atoms with Crippen molar-refractivity contribution in [2.75, 3.05) is 19.3 Å². The van der Waals surface area contributed by atoms with Crippen molar-refractivity contribution < 1.29 is 8.42 Å². The Balaban J connectivity index is 1.80. The molecule has 0 radical (unpaired) electrons. The SMILES string of the molecule is CN(Cc1cscn1)S(=O)(=O)CCNC1CC1. The molecular formula is C10H17N3O2S2. The highest BCUT2D eigenvalue weighted by atomic mass is 32.2. The zero-order valence-corrected chi connectivity index (χ0v) is 11.4. The molecular weight excluding hydrogens is 258 g/mol. The molecule has 1 aliphatic rings. The van der Waals surface area contributed by atoms with E-state index in [1.807, 2.05) is 5.38 Å². The standard InChI is InChI=1S/C10H17N3O2S2/c1-13(6-10-7-16-8-12-10)17(14,15)5-4-11-9-2-3-9/h7-9,11H,2-6H2,1H3. The Bertz CT molecular complexity index is 440. The van der Waals surface area contributed by atoms with Gasteiger partial charge in [-0.15, -0.1) is 11.3 Å². The summed E-state index contributed by atoms with van der Waals surface area (Å²) >= 11 is 1.48. The molecule has 17 heavy (non-hydrogen) atoms. The molecule has 1 aliphatic carbocycles. The van der Waals surface area contributed by atoms with Crippen LogP contribution in [-0.4, -0.2) is 43.1 Å². The van der Waals surface area contributed by atoms with E-state index in [2.05, 4.69) is 10.3 Å². The minimum absolute atomic E-state index is 0.157. The fraction of sp³-hybridized carbons (Fsp3) is 0.700. The smallest absolute Gasteiger partial charge is 0.215 e. The van der Waals surface area contributed by atoms with Crippen molar-refractivity contribution in [1.82, 2.24) is 14.6 Å². The number of hydrogen-bond acceptors (Lipinski definition) is 5. The number of nitrogens with one attached hydrogen (secondary N) is 1. The monoisotopic (exact) mass is 275 g/mol. The molecule has 1 aromatic rings. The van der Waals surface area contributed by atoms with Crippen LogP contribution in [0.1, 0.15) is 18.5 Å². The fourth-order valence-corrected chi connectivity index (χ4v) is 3.04. The molecule has 0 aromatic carbocycles. The maximum Gasteiger partial charge on any atom is 0.215 e. The summed E-state index contributed by atoms with van der Waals surface area (Å²) < 4.78 is 25.2. The van der Waals surface area contributed by atoms with E-state index in [9.17, 15) is 8.42 Å². The van der Waals surface area contributed by atoms with Crippen LogP contribution < -0.4 is 5.32 Å². The Labute approximate surface area is 106 Å². The first kappa shape index (κ1) is 12.9. The summed E-state index contributed by atoms with van der Waals surface area (Å²) in [5, 5.41) is 5.08. The molecule has 2 rings (SSSR count). The molecule has 0 saturated heterocycles. The highest BCUT2D eigenvalue weighted by molar-refractivity contribution is 7.89. The van der Waals surface area contributed by atoms with Crippen LogP contribution in [0.2, 0.25) is 0 Å². The number of thiazole rings is 1. The Morgan fingerprint density at radius 3 is 2.94 bits per heavy atom. The topological polar surface area (TPSA) is 62.3 Å². The molecule has 7 heteroatoms. The first-order chi connectivity index (χ1) is 8.08. The zero-order valence-electron chi connectivity index (χ0n) is 9.80. The Hall–Kier alpha value is -0.500. The number of aromatic nitrogens is 1. The van der Waals surface area contributed by atoms with E-state index in [0.717, 1.165) is 5.69 Å². The first-order valence-electron chi connectivity index (χ1n) is 5.62. The minimum Gasteiger partial charge on any atom is -0.313 e. The average Bonchev–Trinajstić information content (AvgIpc) is 2.94. The molecule has 1 N–H and O–H groups in total. The normalized spacial score (nSPS) is 16.6. The molecule has 1 heterocycles. The maximum absolute atomic E-state index is 11.9. The van der Waals surface area contributed by atoms with Crippen LogP contribution in [0.25, 0.3) is 0 Å². The highest BCUT2D eigenvalue weighted by Gasteiger charge is 2.23. The average molecular weight is 275 g/mol. The van der Waals surface area contributed by atoms with Crippen molar-refractivity contribution in [1.29, 1.82) is 0 Å². The molecule has 1 aromatic heterocycles. The van der Waals surface area contributed by atoms with Crippen LogP contribution in [-0.2, 0) is 16.6 Å². The van der Waals surface area contributed by atoms with Gasteiger partial charge in [0, 0.05) is 25.0 Å². The summed E-state index contributed by atoms with van der Waals surface area (Å²) in [6.07, 6.45) is 2.35. The van der Waals surface area contributed by atoms with Crippen LogP contribution in [0.5, 0.6) is 0 Å². The van der Waals surface area contributed by atoms with Crippen molar-refractivity contribution >= 4 is 21.4 Å². The second-order valence-corrected chi connectivity index (χ2v) is 7.19. The van der Waals surface area contributed by atoms with Crippen molar-refractivity contribution in [3.8, 4) is 0 Å². The highest BCUT2D eigenvalue weighted by Crippen LogP contribution is 2.18. The molecule has 1 saturated carbocycles. The van der Waals surface area contributed by atoms with Crippen LogP contribution >= 0.6 is 11.3 Å². The van der Waals surface area contributed by atoms with Gasteiger partial charge in [0.25, 0.3) is 0 Å². The number of rotatable bonds is 7. The molecule has 0 atom stereocenters. The maximum atomic E-state index is 11.9. The van der Waals surface area contributed by atoms with Gasteiger partial charge in [0.05, 0.1) is 23.5 Å². The summed E-state index contributed by atoms with van der Waals surface area (Å²) in [5.74, 6) is 0.157. The summed E-state index contributed by atoms with van der Waals surface area (Å²) in [5.41, 5.74) is 2.51. The van der Waals surface area contributed by atoms with Crippen LogP contribution in [0.4, 0.5) is 0 Å². The van der Waals surface area contributed by atoms with Gasteiger partial charge >= 0.3 is 0 Å². The van der Waals surface area contributed by atoms with E-state index in [0.29, 0.717) is 19.1 Å². The lowest BCUT2D eigenvalue weighted by atomic mass is 10.5. The Morgan fingerprint density at radius 1 is 1.59 bits per heavy atom. The van der Waals surface area contributed by atoms with Gasteiger partial charge in [-0.2, -0.15) is 4.31 Å². The largest absolute Gasteiger partial charge is 0.313 e. The molecule has 1 fully saturated rings. The van der Waals surface area contributed by atoms with Crippen molar-refractivity contribution in [3.05, 3.63) is 16.6 Å².